The van der Waals surface area contributed by atoms with E-state index in [4.69, 9.17) is 4.74 Å². The van der Waals surface area contributed by atoms with Crippen molar-refractivity contribution >= 4 is 11.9 Å². The molecule has 510 valence electrons. The second-order valence-electron chi connectivity index (χ2n) is 27.4. The Morgan fingerprint density at radius 1 is 0.326 bits per heavy atom. The second kappa shape index (κ2) is 75.8. The van der Waals surface area contributed by atoms with Crippen LogP contribution in [0.25, 0.3) is 0 Å². The van der Waals surface area contributed by atoms with Crippen molar-refractivity contribution in [3.63, 3.8) is 0 Å². The van der Waals surface area contributed by atoms with Gasteiger partial charge in [-0.25, -0.2) is 0 Å². The number of nitrogens with one attached hydrogen (secondary N) is 1. The SMILES string of the molecule is CCCCCC/C=C\C/C=C\CCCCCCCC(=O)OCCCCCCCCCCCCCCCCCCCCCCCCCCCCCCCCCCC(=O)NC(CO)C(O)CCCCCCCCCCCCCCCCCCCCCCC. The number of ether oxygens (including phenoxy) is 1. The standard InChI is InChI=1S/C80H155NO5/c1-3-5-7-9-11-13-15-17-19-21-22-35-38-41-44-48-52-56-60-64-68-72-78(83)77(76-82)81-79(84)73-69-65-61-57-53-49-45-42-39-36-33-31-29-27-25-23-24-26-28-30-32-34-37-40-43-47-51-55-59-63-67-71-75-86-80(85)74-70-66-62-58-54-50-46-20-18-16-14-12-10-8-6-4-2/h14,16,20,46,77-78,82-83H,3-13,15,17-19,21-45,47-76H2,1-2H3,(H,81,84)/b16-14-,46-20-. The van der Waals surface area contributed by atoms with Gasteiger partial charge >= 0.3 is 5.97 Å². The van der Waals surface area contributed by atoms with Crippen LogP contribution in [0.4, 0.5) is 0 Å². The monoisotopic (exact) mass is 1210 g/mol. The van der Waals surface area contributed by atoms with Crippen LogP contribution in [0.15, 0.2) is 24.3 Å². The highest BCUT2D eigenvalue weighted by atomic mass is 16.5. The van der Waals surface area contributed by atoms with Gasteiger partial charge in [-0.1, -0.05) is 404 Å². The van der Waals surface area contributed by atoms with Crippen molar-refractivity contribution in [2.24, 2.45) is 0 Å². The number of carbonyl (C=O) groups excluding carboxylic acids is 2. The molecule has 0 bridgehead atoms. The average Bonchev–Trinajstić information content (AvgIpc) is 3.53. The summed E-state index contributed by atoms with van der Waals surface area (Å²) in [5, 5.41) is 23.5. The Morgan fingerprint density at radius 2 is 0.581 bits per heavy atom. The van der Waals surface area contributed by atoms with E-state index in [-0.39, 0.29) is 18.5 Å². The van der Waals surface area contributed by atoms with Gasteiger partial charge in [0.1, 0.15) is 0 Å². The van der Waals surface area contributed by atoms with E-state index in [1.165, 1.54) is 366 Å². The quantitative estimate of drug-likeness (QED) is 0.0320. The molecule has 2 atom stereocenters. The third kappa shape index (κ3) is 71.4. The van der Waals surface area contributed by atoms with E-state index in [1.54, 1.807) is 0 Å². The molecule has 0 fully saturated rings. The van der Waals surface area contributed by atoms with Crippen molar-refractivity contribution < 1.29 is 24.5 Å². The van der Waals surface area contributed by atoms with E-state index < -0.39 is 12.1 Å². The van der Waals surface area contributed by atoms with Crippen LogP contribution in [-0.2, 0) is 14.3 Å². The van der Waals surface area contributed by atoms with Crippen molar-refractivity contribution in [1.82, 2.24) is 5.32 Å². The molecule has 0 saturated carbocycles. The summed E-state index contributed by atoms with van der Waals surface area (Å²) >= 11 is 0. The normalized spacial score (nSPS) is 12.6. The van der Waals surface area contributed by atoms with Gasteiger partial charge in [0.25, 0.3) is 0 Å². The number of aliphatic hydroxyl groups is 2. The van der Waals surface area contributed by atoms with Crippen LogP contribution in [0.5, 0.6) is 0 Å². The molecule has 0 aromatic rings. The topological polar surface area (TPSA) is 95.9 Å². The van der Waals surface area contributed by atoms with Crippen LogP contribution in [0.2, 0.25) is 0 Å². The molecule has 6 nitrogen and oxygen atoms in total. The van der Waals surface area contributed by atoms with Gasteiger partial charge in [0.05, 0.1) is 25.4 Å². The lowest BCUT2D eigenvalue weighted by Crippen LogP contribution is -2.45. The van der Waals surface area contributed by atoms with Crippen molar-refractivity contribution in [2.75, 3.05) is 13.2 Å². The first-order valence-corrected chi connectivity index (χ1v) is 39.6. The minimum atomic E-state index is -0.662. The lowest BCUT2D eigenvalue weighted by Gasteiger charge is -2.22. The zero-order valence-corrected chi connectivity index (χ0v) is 58.6. The summed E-state index contributed by atoms with van der Waals surface area (Å²) in [6.45, 7) is 4.98. The van der Waals surface area contributed by atoms with Crippen LogP contribution in [0, 0.1) is 0 Å². The Morgan fingerprint density at radius 3 is 0.895 bits per heavy atom. The average molecular weight is 1210 g/mol. The van der Waals surface area contributed by atoms with Crippen LogP contribution >= 0.6 is 0 Å². The molecule has 0 heterocycles. The molecule has 6 heteroatoms. The lowest BCUT2D eigenvalue weighted by atomic mass is 10.0. The first kappa shape index (κ1) is 84.3. The molecular weight excluding hydrogens is 1050 g/mol. The van der Waals surface area contributed by atoms with E-state index >= 15 is 0 Å². The smallest absolute Gasteiger partial charge is 0.305 e. The highest BCUT2D eigenvalue weighted by Gasteiger charge is 2.20. The molecule has 0 rings (SSSR count). The number of aliphatic hydroxyl groups excluding tert-OH is 2. The fourth-order valence-corrected chi connectivity index (χ4v) is 12.7. The fourth-order valence-electron chi connectivity index (χ4n) is 12.7. The number of amides is 1. The molecular formula is C80H155NO5. The summed E-state index contributed by atoms with van der Waals surface area (Å²) in [5.74, 6) is -0.0165. The predicted molar refractivity (Wildman–Crippen MR) is 380 cm³/mol. The van der Waals surface area contributed by atoms with Crippen molar-refractivity contribution in [3.8, 4) is 0 Å². The van der Waals surface area contributed by atoms with E-state index in [0.29, 0.717) is 25.9 Å². The fraction of sp³-hybridized carbons (Fsp3) is 0.925. The number of hydrogen-bond donors (Lipinski definition) is 3. The summed E-state index contributed by atoms with van der Waals surface area (Å²) in [6, 6.07) is -0.539. The first-order valence-electron chi connectivity index (χ1n) is 39.6. The van der Waals surface area contributed by atoms with Gasteiger partial charge in [-0.15, -0.1) is 0 Å². The molecule has 0 saturated heterocycles. The molecule has 0 aromatic carbocycles. The van der Waals surface area contributed by atoms with Gasteiger partial charge in [0.2, 0.25) is 5.91 Å². The van der Waals surface area contributed by atoms with Gasteiger partial charge < -0.3 is 20.3 Å². The highest BCUT2D eigenvalue weighted by molar-refractivity contribution is 5.76. The molecule has 0 radical (unpaired) electrons. The van der Waals surface area contributed by atoms with Gasteiger partial charge in [-0.05, 0) is 57.8 Å². The maximum Gasteiger partial charge on any atom is 0.305 e. The number of esters is 1. The summed E-state index contributed by atoms with van der Waals surface area (Å²) in [7, 11) is 0. The van der Waals surface area contributed by atoms with Gasteiger partial charge in [0.15, 0.2) is 0 Å². The van der Waals surface area contributed by atoms with Gasteiger partial charge in [-0.3, -0.25) is 9.59 Å². The van der Waals surface area contributed by atoms with E-state index in [2.05, 4.69) is 43.5 Å². The molecule has 0 spiro atoms. The maximum absolute atomic E-state index is 12.6. The Bertz CT molecular complexity index is 1350. The first-order chi connectivity index (χ1) is 42.5. The zero-order valence-electron chi connectivity index (χ0n) is 58.6. The Kier molecular flexibility index (Phi) is 74.3. The molecule has 86 heavy (non-hydrogen) atoms. The predicted octanol–water partition coefficient (Wildman–Crippen LogP) is 26.0. The minimum Gasteiger partial charge on any atom is -0.466 e. The van der Waals surface area contributed by atoms with E-state index in [9.17, 15) is 19.8 Å². The van der Waals surface area contributed by atoms with Crippen LogP contribution in [-0.4, -0.2) is 47.4 Å². The minimum absolute atomic E-state index is 0.00868. The molecule has 0 aromatic heterocycles. The summed E-state index contributed by atoms with van der Waals surface area (Å²) < 4.78 is 5.50. The summed E-state index contributed by atoms with van der Waals surface area (Å²) in [5.41, 5.74) is 0. The highest BCUT2D eigenvalue weighted by Crippen LogP contribution is 2.20. The number of rotatable bonds is 75. The van der Waals surface area contributed by atoms with Crippen molar-refractivity contribution in [2.45, 2.75) is 463 Å². The van der Waals surface area contributed by atoms with E-state index in [0.717, 1.165) is 51.4 Å². The van der Waals surface area contributed by atoms with Crippen molar-refractivity contribution in [1.29, 1.82) is 0 Å². The lowest BCUT2D eigenvalue weighted by molar-refractivity contribution is -0.143. The largest absolute Gasteiger partial charge is 0.466 e. The maximum atomic E-state index is 12.6. The number of allylic oxidation sites excluding steroid dienone is 4. The van der Waals surface area contributed by atoms with Crippen LogP contribution in [0.3, 0.4) is 0 Å². The molecule has 0 aliphatic rings. The Labute approximate surface area is 539 Å². The Balaban J connectivity index is 3.33. The van der Waals surface area contributed by atoms with Crippen molar-refractivity contribution in [3.05, 3.63) is 24.3 Å². The summed E-state index contributed by atoms with van der Waals surface area (Å²) in [4.78, 5) is 24.7. The molecule has 3 N–H and O–H groups in total. The number of carbonyl (C=O) groups is 2. The third-order valence-electron chi connectivity index (χ3n) is 18.8. The van der Waals surface area contributed by atoms with Crippen LogP contribution < -0.4 is 5.32 Å². The zero-order chi connectivity index (χ0) is 62.0. The van der Waals surface area contributed by atoms with Gasteiger partial charge in [-0.2, -0.15) is 0 Å². The molecule has 0 aliphatic carbocycles. The summed E-state index contributed by atoms with van der Waals surface area (Å²) in [6.07, 6.45) is 97.0. The number of hydrogen-bond acceptors (Lipinski definition) is 5. The molecule has 0 aliphatic heterocycles. The van der Waals surface area contributed by atoms with E-state index in [1.807, 2.05) is 0 Å². The molecule has 2 unspecified atom stereocenters. The Hall–Kier alpha value is -1.66. The number of unbranched alkanes of at least 4 members (excludes halogenated alkanes) is 60. The van der Waals surface area contributed by atoms with Crippen LogP contribution in [0.1, 0.15) is 450 Å². The second-order valence-corrected chi connectivity index (χ2v) is 27.4. The third-order valence-corrected chi connectivity index (χ3v) is 18.8. The molecule has 1 amide bonds. The van der Waals surface area contributed by atoms with Gasteiger partial charge in [0, 0.05) is 12.8 Å².